The molecule has 0 unspecified atom stereocenters. The fourth-order valence-electron chi connectivity index (χ4n) is 2.05. The summed E-state index contributed by atoms with van der Waals surface area (Å²) in [5, 5.41) is 17.8. The van der Waals surface area contributed by atoms with Gasteiger partial charge in [0, 0.05) is 10.9 Å². The highest BCUT2D eigenvalue weighted by atomic mass is 16.3. The van der Waals surface area contributed by atoms with Gasteiger partial charge in [-0.05, 0) is 30.7 Å². The minimum absolute atomic E-state index is 0.258. The Kier molecular flexibility index (Phi) is 2.11. The van der Waals surface area contributed by atoms with E-state index in [1.807, 2.05) is 24.3 Å². The van der Waals surface area contributed by atoms with Gasteiger partial charge >= 0.3 is 0 Å². The Morgan fingerprint density at radius 1 is 1.12 bits per heavy atom. The Balaban J connectivity index is 2.31. The number of aromatic hydroxyl groups is 1. The van der Waals surface area contributed by atoms with E-state index in [2.05, 4.69) is 23.2 Å². The third kappa shape index (κ3) is 1.56. The zero-order valence-corrected chi connectivity index (χ0v) is 9.44. The third-order valence-electron chi connectivity index (χ3n) is 2.95. The molecular formula is C14H12N2O. The van der Waals surface area contributed by atoms with E-state index < -0.39 is 0 Å². The van der Waals surface area contributed by atoms with Crippen LogP contribution in [0.3, 0.4) is 0 Å². The highest BCUT2D eigenvalue weighted by Crippen LogP contribution is 2.30. The summed E-state index contributed by atoms with van der Waals surface area (Å²) in [6.07, 6.45) is 0. The van der Waals surface area contributed by atoms with Crippen LogP contribution in [0.2, 0.25) is 0 Å². The lowest BCUT2D eigenvalue weighted by Crippen LogP contribution is -1.83. The molecule has 3 heteroatoms. The normalized spacial score (nSPS) is 10.9. The van der Waals surface area contributed by atoms with Crippen LogP contribution in [0.25, 0.3) is 22.2 Å². The standard InChI is InChI=1S/C14H12N2O/c1-9-4-2-3-5-11(9)14-12-8-10(17)6-7-13(12)15-16-14/h2-8,17H,1H3,(H,15,16). The van der Waals surface area contributed by atoms with Crippen molar-refractivity contribution in [3.8, 4) is 17.0 Å². The number of nitrogens with one attached hydrogen (secondary N) is 1. The molecule has 84 valence electrons. The van der Waals surface area contributed by atoms with Crippen LogP contribution in [0, 0.1) is 6.92 Å². The zero-order chi connectivity index (χ0) is 11.8. The van der Waals surface area contributed by atoms with Gasteiger partial charge in [0.15, 0.2) is 0 Å². The molecule has 0 aliphatic heterocycles. The topological polar surface area (TPSA) is 48.9 Å². The number of aromatic amines is 1. The molecule has 0 bridgehead atoms. The number of H-pyrrole nitrogens is 1. The first-order valence-corrected chi connectivity index (χ1v) is 5.49. The number of aryl methyl sites for hydroxylation is 1. The van der Waals surface area contributed by atoms with Crippen molar-refractivity contribution in [2.75, 3.05) is 0 Å². The number of hydrogen-bond donors (Lipinski definition) is 2. The van der Waals surface area contributed by atoms with E-state index in [-0.39, 0.29) is 5.75 Å². The zero-order valence-electron chi connectivity index (χ0n) is 9.44. The van der Waals surface area contributed by atoms with Crippen molar-refractivity contribution in [1.29, 1.82) is 0 Å². The van der Waals surface area contributed by atoms with Crippen LogP contribution < -0.4 is 0 Å². The summed E-state index contributed by atoms with van der Waals surface area (Å²) in [6.45, 7) is 2.05. The maximum absolute atomic E-state index is 9.55. The van der Waals surface area contributed by atoms with Gasteiger partial charge in [-0.15, -0.1) is 0 Å². The van der Waals surface area contributed by atoms with Gasteiger partial charge in [0.2, 0.25) is 0 Å². The van der Waals surface area contributed by atoms with Gasteiger partial charge in [0.25, 0.3) is 0 Å². The number of rotatable bonds is 1. The molecule has 3 aromatic rings. The van der Waals surface area contributed by atoms with E-state index >= 15 is 0 Å². The second-order valence-electron chi connectivity index (χ2n) is 4.12. The molecule has 0 fully saturated rings. The number of fused-ring (bicyclic) bond motifs is 1. The first kappa shape index (κ1) is 9.90. The summed E-state index contributed by atoms with van der Waals surface area (Å²) in [5.41, 5.74) is 4.07. The number of phenols is 1. The lowest BCUT2D eigenvalue weighted by atomic mass is 10.0. The second kappa shape index (κ2) is 3.63. The molecule has 0 aliphatic carbocycles. The fourth-order valence-corrected chi connectivity index (χ4v) is 2.05. The average Bonchev–Trinajstić information content (AvgIpc) is 2.72. The lowest BCUT2D eigenvalue weighted by molar-refractivity contribution is 0.476. The summed E-state index contributed by atoms with van der Waals surface area (Å²) in [4.78, 5) is 0. The van der Waals surface area contributed by atoms with Crippen molar-refractivity contribution in [3.05, 3.63) is 48.0 Å². The predicted octanol–water partition coefficient (Wildman–Crippen LogP) is 3.24. The molecule has 0 saturated carbocycles. The van der Waals surface area contributed by atoms with Gasteiger partial charge in [-0.3, -0.25) is 5.10 Å². The lowest BCUT2D eigenvalue weighted by Gasteiger charge is -2.02. The molecule has 0 spiro atoms. The smallest absolute Gasteiger partial charge is 0.116 e. The van der Waals surface area contributed by atoms with Crippen LogP contribution in [0.15, 0.2) is 42.5 Å². The van der Waals surface area contributed by atoms with Crippen LogP contribution >= 0.6 is 0 Å². The molecular weight excluding hydrogens is 212 g/mol. The van der Waals surface area contributed by atoms with E-state index in [1.165, 1.54) is 5.56 Å². The Hall–Kier alpha value is -2.29. The highest BCUT2D eigenvalue weighted by Gasteiger charge is 2.10. The fraction of sp³-hybridized carbons (Fsp3) is 0.0714. The molecule has 0 saturated heterocycles. The average molecular weight is 224 g/mol. The molecule has 2 N–H and O–H groups in total. The van der Waals surface area contributed by atoms with Gasteiger partial charge in [-0.1, -0.05) is 24.3 Å². The third-order valence-corrected chi connectivity index (χ3v) is 2.95. The van der Waals surface area contributed by atoms with Gasteiger partial charge in [0.1, 0.15) is 11.4 Å². The molecule has 17 heavy (non-hydrogen) atoms. The summed E-state index contributed by atoms with van der Waals surface area (Å²) in [7, 11) is 0. The number of nitrogens with zero attached hydrogens (tertiary/aromatic N) is 1. The number of hydrogen-bond acceptors (Lipinski definition) is 2. The van der Waals surface area contributed by atoms with Crippen LogP contribution in [-0.2, 0) is 0 Å². The van der Waals surface area contributed by atoms with E-state index in [9.17, 15) is 5.11 Å². The van der Waals surface area contributed by atoms with Crippen molar-refractivity contribution in [2.24, 2.45) is 0 Å². The van der Waals surface area contributed by atoms with E-state index in [1.54, 1.807) is 12.1 Å². The van der Waals surface area contributed by atoms with Crippen molar-refractivity contribution in [2.45, 2.75) is 6.92 Å². The Morgan fingerprint density at radius 3 is 2.76 bits per heavy atom. The number of benzene rings is 2. The van der Waals surface area contributed by atoms with E-state index in [0.29, 0.717) is 0 Å². The molecule has 1 aromatic heterocycles. The predicted molar refractivity (Wildman–Crippen MR) is 67.9 cm³/mol. The SMILES string of the molecule is Cc1ccccc1-c1n[nH]c2ccc(O)cc12. The molecule has 0 aliphatic rings. The van der Waals surface area contributed by atoms with Crippen LogP contribution in [-0.4, -0.2) is 15.3 Å². The molecule has 1 heterocycles. The monoisotopic (exact) mass is 224 g/mol. The van der Waals surface area contributed by atoms with Gasteiger partial charge in [0.05, 0.1) is 5.52 Å². The summed E-state index contributed by atoms with van der Waals surface area (Å²) in [6, 6.07) is 13.3. The Bertz CT molecular complexity index is 686. The second-order valence-corrected chi connectivity index (χ2v) is 4.12. The first-order chi connectivity index (χ1) is 8.25. The first-order valence-electron chi connectivity index (χ1n) is 5.49. The van der Waals surface area contributed by atoms with Crippen LogP contribution in [0.5, 0.6) is 5.75 Å². The maximum Gasteiger partial charge on any atom is 0.116 e. The molecule has 0 amide bonds. The van der Waals surface area contributed by atoms with E-state index in [0.717, 1.165) is 22.2 Å². The van der Waals surface area contributed by atoms with Crippen molar-refractivity contribution >= 4 is 10.9 Å². The summed E-state index contributed by atoms with van der Waals surface area (Å²) in [5.74, 6) is 0.258. The largest absolute Gasteiger partial charge is 0.508 e. The highest BCUT2D eigenvalue weighted by molar-refractivity contribution is 5.94. The van der Waals surface area contributed by atoms with Crippen LogP contribution in [0.4, 0.5) is 0 Å². The molecule has 3 nitrogen and oxygen atoms in total. The summed E-state index contributed by atoms with van der Waals surface area (Å²) < 4.78 is 0. The van der Waals surface area contributed by atoms with Crippen LogP contribution in [0.1, 0.15) is 5.56 Å². The quantitative estimate of drug-likeness (QED) is 0.666. The Morgan fingerprint density at radius 2 is 1.94 bits per heavy atom. The molecule has 2 aromatic carbocycles. The minimum Gasteiger partial charge on any atom is -0.508 e. The maximum atomic E-state index is 9.55. The summed E-state index contributed by atoms with van der Waals surface area (Å²) >= 11 is 0. The van der Waals surface area contributed by atoms with Crippen molar-refractivity contribution in [1.82, 2.24) is 10.2 Å². The number of phenolic OH excluding ortho intramolecular Hbond substituents is 1. The van der Waals surface area contributed by atoms with Gasteiger partial charge < -0.3 is 5.11 Å². The van der Waals surface area contributed by atoms with Gasteiger partial charge in [-0.25, -0.2) is 0 Å². The van der Waals surface area contributed by atoms with Gasteiger partial charge in [-0.2, -0.15) is 5.10 Å². The number of aromatic nitrogens is 2. The molecule has 0 atom stereocenters. The Labute approximate surface area is 98.7 Å². The van der Waals surface area contributed by atoms with Crippen molar-refractivity contribution < 1.29 is 5.11 Å². The molecule has 0 radical (unpaired) electrons. The minimum atomic E-state index is 0.258. The van der Waals surface area contributed by atoms with Crippen molar-refractivity contribution in [3.63, 3.8) is 0 Å². The molecule has 3 rings (SSSR count). The van der Waals surface area contributed by atoms with E-state index in [4.69, 9.17) is 0 Å².